The minimum atomic E-state index is -0.524. The van der Waals surface area contributed by atoms with Crippen molar-refractivity contribution in [3.05, 3.63) is 81.4 Å². The van der Waals surface area contributed by atoms with E-state index in [0.717, 1.165) is 0 Å². The Morgan fingerprint density at radius 3 is 1.58 bits per heavy atom. The Balaban J connectivity index is 1.84. The number of halogens is 4. The molecule has 0 saturated carbocycles. The van der Waals surface area contributed by atoms with Crippen LogP contribution in [0.3, 0.4) is 0 Å². The van der Waals surface area contributed by atoms with Crippen LogP contribution in [0.1, 0.15) is 25.0 Å². The lowest BCUT2D eigenvalue weighted by Crippen LogP contribution is -2.41. The Kier molecular flexibility index (Phi) is 8.77. The lowest BCUT2D eigenvalue weighted by molar-refractivity contribution is -0.116. The van der Waals surface area contributed by atoms with E-state index < -0.39 is 28.9 Å². The Labute approximate surface area is 189 Å². The third-order valence-electron chi connectivity index (χ3n) is 4.28. The summed E-state index contributed by atoms with van der Waals surface area (Å²) in [5.41, 5.74) is -0.210. The Morgan fingerprint density at radius 1 is 0.839 bits per heavy atom. The summed E-state index contributed by atoms with van der Waals surface area (Å²) in [4.78, 5) is 24.1. The average molecular weight is 467 g/mol. The van der Waals surface area contributed by atoms with Crippen LogP contribution in [0.15, 0.2) is 48.6 Å². The van der Waals surface area contributed by atoms with Crippen molar-refractivity contribution in [3.8, 4) is 0 Å². The van der Waals surface area contributed by atoms with E-state index in [1.807, 2.05) is 13.8 Å². The van der Waals surface area contributed by atoms with Gasteiger partial charge in [-0.2, -0.15) is 0 Å². The fourth-order valence-corrected chi connectivity index (χ4v) is 2.94. The van der Waals surface area contributed by atoms with Gasteiger partial charge in [-0.1, -0.05) is 49.2 Å². The van der Waals surface area contributed by atoms with E-state index in [-0.39, 0.29) is 34.3 Å². The van der Waals surface area contributed by atoms with Crippen molar-refractivity contribution in [1.29, 1.82) is 0 Å². The van der Waals surface area contributed by atoms with Crippen molar-refractivity contribution < 1.29 is 18.4 Å². The molecule has 164 valence electrons. The summed E-state index contributed by atoms with van der Waals surface area (Å²) in [6.07, 6.45) is 5.00. The summed E-state index contributed by atoms with van der Waals surface area (Å²) >= 11 is 11.8. The summed E-state index contributed by atoms with van der Waals surface area (Å²) in [6.45, 7) is 4.21. The molecule has 2 rings (SSSR count). The summed E-state index contributed by atoms with van der Waals surface area (Å²) in [5.74, 6) is -1.89. The van der Waals surface area contributed by atoms with E-state index in [0.29, 0.717) is 0 Å². The minimum Gasteiger partial charge on any atom is -0.352 e. The van der Waals surface area contributed by atoms with Crippen molar-refractivity contribution >= 4 is 47.2 Å². The SMILES string of the molecule is CC(C)(CNC(=O)C=Cc1c(F)cccc1Cl)CNC(=O)C=Cc1c(F)cccc1Cl. The zero-order chi connectivity index (χ0) is 23.0. The molecular weight excluding hydrogens is 445 g/mol. The van der Waals surface area contributed by atoms with E-state index in [2.05, 4.69) is 10.6 Å². The maximum Gasteiger partial charge on any atom is 0.244 e. The van der Waals surface area contributed by atoms with Crippen LogP contribution in [0.5, 0.6) is 0 Å². The highest BCUT2D eigenvalue weighted by Gasteiger charge is 2.19. The second-order valence-electron chi connectivity index (χ2n) is 7.54. The molecule has 2 aromatic rings. The number of hydrogen-bond donors (Lipinski definition) is 2. The van der Waals surface area contributed by atoms with Gasteiger partial charge in [-0.05, 0) is 41.8 Å². The van der Waals surface area contributed by atoms with E-state index in [1.54, 1.807) is 0 Å². The predicted octanol–water partition coefficient (Wildman–Crippen LogP) is 5.26. The first kappa shape index (κ1) is 24.6. The molecule has 0 bridgehead atoms. The molecule has 0 spiro atoms. The van der Waals surface area contributed by atoms with Crippen LogP contribution in [0.2, 0.25) is 10.0 Å². The molecule has 0 unspecified atom stereocenters. The maximum atomic E-state index is 13.7. The third-order valence-corrected chi connectivity index (χ3v) is 4.94. The Hall–Kier alpha value is -2.70. The van der Waals surface area contributed by atoms with Gasteiger partial charge in [0.05, 0.1) is 10.0 Å². The largest absolute Gasteiger partial charge is 0.352 e. The van der Waals surface area contributed by atoms with E-state index in [1.165, 1.54) is 60.7 Å². The van der Waals surface area contributed by atoms with E-state index in [9.17, 15) is 18.4 Å². The zero-order valence-electron chi connectivity index (χ0n) is 17.0. The van der Waals surface area contributed by atoms with Crippen molar-refractivity contribution in [2.45, 2.75) is 13.8 Å². The number of amides is 2. The quantitative estimate of drug-likeness (QED) is 0.521. The summed E-state index contributed by atoms with van der Waals surface area (Å²) in [6, 6.07) is 8.52. The fraction of sp³-hybridized carbons (Fsp3) is 0.217. The van der Waals surface area contributed by atoms with Gasteiger partial charge in [-0.15, -0.1) is 0 Å². The van der Waals surface area contributed by atoms with Crippen molar-refractivity contribution in [2.75, 3.05) is 13.1 Å². The van der Waals surface area contributed by atoms with E-state index in [4.69, 9.17) is 23.2 Å². The molecular formula is C23H22Cl2F2N2O2. The molecule has 2 amide bonds. The topological polar surface area (TPSA) is 58.2 Å². The lowest BCUT2D eigenvalue weighted by Gasteiger charge is -2.24. The van der Waals surface area contributed by atoms with Gasteiger partial charge in [-0.3, -0.25) is 9.59 Å². The summed E-state index contributed by atoms with van der Waals surface area (Å²) in [7, 11) is 0. The lowest BCUT2D eigenvalue weighted by atomic mass is 9.93. The molecule has 0 radical (unpaired) electrons. The van der Waals surface area contributed by atoms with Gasteiger partial charge in [-0.25, -0.2) is 8.78 Å². The number of carbonyl (C=O) groups is 2. The van der Waals surface area contributed by atoms with Crippen molar-refractivity contribution in [2.24, 2.45) is 5.41 Å². The van der Waals surface area contributed by atoms with Crippen molar-refractivity contribution in [1.82, 2.24) is 10.6 Å². The van der Waals surface area contributed by atoms with E-state index >= 15 is 0 Å². The molecule has 0 atom stereocenters. The minimum absolute atomic E-state index is 0.132. The average Bonchev–Trinajstić information content (AvgIpc) is 2.70. The Bertz CT molecular complexity index is 901. The molecule has 0 aliphatic heterocycles. The van der Waals surface area contributed by atoms with Gasteiger partial charge in [0.25, 0.3) is 0 Å². The molecule has 0 aliphatic rings. The number of hydrogen-bond acceptors (Lipinski definition) is 2. The van der Waals surface area contributed by atoms with Crippen LogP contribution in [-0.2, 0) is 9.59 Å². The monoisotopic (exact) mass is 466 g/mol. The first-order chi connectivity index (χ1) is 14.6. The van der Waals surface area contributed by atoms with Crippen LogP contribution >= 0.6 is 23.2 Å². The van der Waals surface area contributed by atoms with Gasteiger partial charge in [0.2, 0.25) is 11.8 Å². The maximum absolute atomic E-state index is 13.7. The van der Waals surface area contributed by atoms with Gasteiger partial charge in [0.15, 0.2) is 0 Å². The van der Waals surface area contributed by atoms with Gasteiger partial charge in [0, 0.05) is 36.4 Å². The highest BCUT2D eigenvalue weighted by atomic mass is 35.5. The number of carbonyl (C=O) groups excluding carboxylic acids is 2. The molecule has 0 aliphatic carbocycles. The second-order valence-corrected chi connectivity index (χ2v) is 8.35. The van der Waals surface area contributed by atoms with Crippen molar-refractivity contribution in [3.63, 3.8) is 0 Å². The molecule has 0 heterocycles. The highest BCUT2D eigenvalue weighted by molar-refractivity contribution is 6.32. The molecule has 8 heteroatoms. The Morgan fingerprint density at radius 2 is 1.23 bits per heavy atom. The molecule has 0 fully saturated rings. The van der Waals surface area contributed by atoms with Gasteiger partial charge in [0.1, 0.15) is 11.6 Å². The second kappa shape index (κ2) is 11.1. The van der Waals surface area contributed by atoms with Crippen LogP contribution in [0, 0.1) is 17.0 Å². The van der Waals surface area contributed by atoms with Crippen LogP contribution in [0.4, 0.5) is 8.78 Å². The predicted molar refractivity (Wildman–Crippen MR) is 121 cm³/mol. The summed E-state index contributed by atoms with van der Waals surface area (Å²) in [5, 5.41) is 5.81. The first-order valence-corrected chi connectivity index (χ1v) is 10.1. The number of benzene rings is 2. The normalized spacial score (nSPS) is 11.8. The third kappa shape index (κ3) is 7.81. The highest BCUT2D eigenvalue weighted by Crippen LogP contribution is 2.21. The summed E-state index contributed by atoms with van der Waals surface area (Å²) < 4.78 is 27.5. The fourth-order valence-electron chi connectivity index (χ4n) is 2.49. The van der Waals surface area contributed by atoms with Crippen LogP contribution < -0.4 is 10.6 Å². The smallest absolute Gasteiger partial charge is 0.244 e. The molecule has 4 nitrogen and oxygen atoms in total. The zero-order valence-corrected chi connectivity index (χ0v) is 18.5. The molecule has 0 aromatic heterocycles. The van der Waals surface area contributed by atoms with Crippen LogP contribution in [0.25, 0.3) is 12.2 Å². The van der Waals surface area contributed by atoms with Crippen LogP contribution in [-0.4, -0.2) is 24.9 Å². The van der Waals surface area contributed by atoms with Gasteiger partial charge < -0.3 is 10.6 Å². The van der Waals surface area contributed by atoms with Gasteiger partial charge >= 0.3 is 0 Å². The molecule has 31 heavy (non-hydrogen) atoms. The standard InChI is InChI=1S/C23H22Cl2F2N2O2/c1-23(2,13-28-21(30)11-9-15-17(24)5-3-7-19(15)26)14-29-22(31)12-10-16-18(25)6-4-8-20(16)27/h3-12H,13-14H2,1-2H3,(H,28,30)(H,29,31). The molecule has 2 N–H and O–H groups in total. The number of nitrogens with one attached hydrogen (secondary N) is 2. The molecule has 2 aromatic carbocycles. The molecule has 0 saturated heterocycles. The number of rotatable bonds is 8. The first-order valence-electron chi connectivity index (χ1n) is 9.39.